The summed E-state index contributed by atoms with van der Waals surface area (Å²) in [4.78, 5) is 39.8. The van der Waals surface area contributed by atoms with Crippen LogP contribution in [-0.2, 0) is 14.4 Å². The van der Waals surface area contributed by atoms with E-state index in [2.05, 4.69) is 0 Å². The maximum Gasteiger partial charge on any atom is 2.00 e. The normalized spacial score (nSPS) is 20.3. The summed E-state index contributed by atoms with van der Waals surface area (Å²) in [5.41, 5.74) is 0. The van der Waals surface area contributed by atoms with Gasteiger partial charge in [0.05, 0.1) is 43.8 Å². The molecule has 13 nitrogen and oxygen atoms in total. The molecule has 0 aromatic carbocycles. The van der Waals surface area contributed by atoms with Crippen LogP contribution >= 0.6 is 0 Å². The van der Waals surface area contributed by atoms with E-state index in [9.17, 15) is 45.0 Å². The third-order valence-electron chi connectivity index (χ3n) is 5.22. The number of aliphatic carboxylic acids is 3. The van der Waals surface area contributed by atoms with Crippen LogP contribution in [0.3, 0.4) is 0 Å². The van der Waals surface area contributed by atoms with Crippen molar-refractivity contribution >= 4 is 55.6 Å². The van der Waals surface area contributed by atoms with Crippen molar-refractivity contribution in [3.63, 3.8) is 0 Å². The molecule has 0 aromatic rings. The number of nitrogens with zero attached hydrogens (tertiary/aromatic N) is 4. The van der Waals surface area contributed by atoms with Gasteiger partial charge in [-0.2, -0.15) is 0 Å². The van der Waals surface area contributed by atoms with Gasteiger partial charge in [0.2, 0.25) is 0 Å². The van der Waals surface area contributed by atoms with Crippen molar-refractivity contribution in [3.05, 3.63) is 0 Å². The summed E-state index contributed by atoms with van der Waals surface area (Å²) in [6.45, 7) is -0.299. The zero-order chi connectivity index (χ0) is 23.4. The molecule has 180 valence electrons. The van der Waals surface area contributed by atoms with Crippen molar-refractivity contribution in [1.29, 1.82) is 0 Å². The van der Waals surface area contributed by atoms with Crippen LogP contribution in [-0.4, -0.2) is 193 Å². The molecular weight excluding hydrogens is 456 g/mol. The first kappa shape index (κ1) is 31.4. The van der Waals surface area contributed by atoms with Crippen molar-refractivity contribution < 1.29 is 45.0 Å². The van der Waals surface area contributed by atoms with E-state index < -0.39 is 43.3 Å². The molecule has 14 heteroatoms. The minimum atomic E-state index is -1.30. The van der Waals surface area contributed by atoms with Crippen LogP contribution < -0.4 is 10.2 Å². The molecular formula is C18H32CaN4O9. The molecule has 0 spiro atoms. The zero-order valence-electron chi connectivity index (χ0n) is 18.2. The van der Waals surface area contributed by atoms with Crippen LogP contribution in [0.2, 0.25) is 0 Å². The van der Waals surface area contributed by atoms with Crippen molar-refractivity contribution in [2.75, 3.05) is 85.2 Å². The maximum atomic E-state index is 11.2. The molecule has 1 rings (SSSR count). The van der Waals surface area contributed by atoms with Crippen LogP contribution in [0.15, 0.2) is 0 Å². The van der Waals surface area contributed by atoms with E-state index in [1.54, 1.807) is 19.6 Å². The number of hydrogen-bond acceptors (Lipinski definition) is 12. The molecule has 0 aromatic heterocycles. The number of hydrogen-bond donors (Lipinski definition) is 4. The molecule has 1 aliphatic rings. The molecule has 2 atom stereocenters. The summed E-state index contributed by atoms with van der Waals surface area (Å²) in [5, 5.41) is 60.4. The van der Waals surface area contributed by atoms with Gasteiger partial charge in [0.25, 0.3) is 0 Å². The average Bonchev–Trinajstić information content (AvgIpc) is 2.68. The van der Waals surface area contributed by atoms with Gasteiger partial charge in [-0.25, -0.2) is 0 Å². The number of aliphatic hydroxyl groups is 3. The van der Waals surface area contributed by atoms with Gasteiger partial charge >= 0.3 is 43.7 Å². The monoisotopic (exact) mass is 488 g/mol. The fourth-order valence-electron chi connectivity index (χ4n) is 3.52. The summed E-state index contributed by atoms with van der Waals surface area (Å²) in [7, 11) is 0. The Hall–Kier alpha value is -0.610. The van der Waals surface area contributed by atoms with E-state index in [1.807, 2.05) is 0 Å². The summed E-state index contributed by atoms with van der Waals surface area (Å²) >= 11 is 0. The first-order chi connectivity index (χ1) is 14.7. The van der Waals surface area contributed by atoms with Gasteiger partial charge in [-0.1, -0.05) is 0 Å². The first-order valence-electron chi connectivity index (χ1n) is 10.1. The van der Waals surface area contributed by atoms with E-state index in [-0.39, 0.29) is 110 Å². The molecule has 1 heterocycles. The third kappa shape index (κ3) is 12.6. The smallest absolute Gasteiger partial charge is 0.549 e. The van der Waals surface area contributed by atoms with Gasteiger partial charge in [0, 0.05) is 65.4 Å². The fraction of sp³-hybridized carbons (Fsp3) is 0.833. The quantitative estimate of drug-likeness (QED) is 0.212. The Bertz CT molecular complexity index is 555. The summed E-state index contributed by atoms with van der Waals surface area (Å²) < 4.78 is 0. The molecule has 0 amide bonds. The molecule has 0 radical (unpaired) electrons. The Morgan fingerprint density at radius 1 is 0.719 bits per heavy atom. The molecule has 1 aliphatic heterocycles. The summed E-state index contributed by atoms with van der Waals surface area (Å²) in [5.74, 6) is -3.65. The fourth-order valence-corrected chi connectivity index (χ4v) is 3.52. The molecule has 2 unspecified atom stereocenters. The van der Waals surface area contributed by atoms with E-state index in [1.165, 1.54) is 0 Å². The van der Waals surface area contributed by atoms with Crippen LogP contribution in [0.1, 0.15) is 0 Å². The minimum Gasteiger partial charge on any atom is -0.549 e. The zero-order valence-corrected chi connectivity index (χ0v) is 20.4. The van der Waals surface area contributed by atoms with E-state index >= 15 is 0 Å². The van der Waals surface area contributed by atoms with Gasteiger partial charge < -0.3 is 40.2 Å². The van der Waals surface area contributed by atoms with Crippen LogP contribution in [0.4, 0.5) is 0 Å². The number of aliphatic hydroxyl groups excluding tert-OH is 3. The minimum absolute atomic E-state index is 0. The van der Waals surface area contributed by atoms with Crippen molar-refractivity contribution in [1.82, 2.24) is 19.6 Å². The molecule has 4 N–H and O–H groups in total. The number of rotatable bonds is 10. The van der Waals surface area contributed by atoms with Crippen LogP contribution in [0.5, 0.6) is 0 Å². The number of carbonyl (C=O) groups is 3. The van der Waals surface area contributed by atoms with Crippen molar-refractivity contribution in [2.45, 2.75) is 12.1 Å². The summed E-state index contributed by atoms with van der Waals surface area (Å²) in [6, 6.07) is -0.820. The third-order valence-corrected chi connectivity index (χ3v) is 5.22. The van der Waals surface area contributed by atoms with Gasteiger partial charge in [-0.3, -0.25) is 24.4 Å². The summed E-state index contributed by atoms with van der Waals surface area (Å²) in [6.07, 6.45) is -1.24. The predicted octanol–water partition coefficient (Wildman–Crippen LogP) is -6.87. The Morgan fingerprint density at radius 3 is 1.41 bits per heavy atom. The Labute approximate surface area is 216 Å². The average molecular weight is 489 g/mol. The molecule has 0 aliphatic carbocycles. The predicted molar refractivity (Wildman–Crippen MR) is 108 cm³/mol. The molecule has 32 heavy (non-hydrogen) atoms. The molecule has 1 saturated heterocycles. The van der Waals surface area contributed by atoms with Crippen LogP contribution in [0.25, 0.3) is 0 Å². The van der Waals surface area contributed by atoms with E-state index in [4.69, 9.17) is 0 Å². The molecule has 0 bridgehead atoms. The number of carbonyl (C=O) groups excluding carboxylic acids is 2. The molecule has 1 fully saturated rings. The van der Waals surface area contributed by atoms with Crippen molar-refractivity contribution in [3.8, 4) is 0 Å². The number of carboxylic acid groups (broad SMARTS) is 3. The first-order valence-corrected chi connectivity index (χ1v) is 10.1. The van der Waals surface area contributed by atoms with Gasteiger partial charge in [0.1, 0.15) is 0 Å². The van der Waals surface area contributed by atoms with Gasteiger partial charge in [-0.05, 0) is 0 Å². The molecule has 0 saturated carbocycles. The Kier molecular flexibility index (Phi) is 16.6. The van der Waals surface area contributed by atoms with Crippen LogP contribution in [0, 0.1) is 0 Å². The SMILES string of the molecule is O=C([O-])CN1CCN(CC(=O)[O-])CCN(C(CO)C(O)CO)CCN(CC(=O)O)CC1.[Ca+2]. The van der Waals surface area contributed by atoms with E-state index in [0.29, 0.717) is 0 Å². The standard InChI is InChI=1S/C18H34N4O9.Ca/c23-12-14(15(25)13-24)22-7-5-20(10-17(28)29)3-1-19(9-16(26)27)2-4-21(6-8-22)11-18(30)31;/h14-15,23-25H,1-13H2,(H,26,27)(H,28,29)(H,30,31);/q;+2/p-2. The second-order valence-electron chi connectivity index (χ2n) is 7.50. The number of carboxylic acids is 3. The van der Waals surface area contributed by atoms with Gasteiger partial charge in [0.15, 0.2) is 0 Å². The van der Waals surface area contributed by atoms with E-state index in [0.717, 1.165) is 0 Å². The largest absolute Gasteiger partial charge is 2.00 e. The maximum absolute atomic E-state index is 11.2. The van der Waals surface area contributed by atoms with Crippen molar-refractivity contribution in [2.24, 2.45) is 0 Å². The second-order valence-corrected chi connectivity index (χ2v) is 7.50. The Balaban J connectivity index is 0.00000961. The van der Waals surface area contributed by atoms with Gasteiger partial charge in [-0.15, -0.1) is 0 Å². The second kappa shape index (κ2) is 16.9. The topological polar surface area (TPSA) is 191 Å². The Morgan fingerprint density at radius 2 is 1.09 bits per heavy atom.